The summed E-state index contributed by atoms with van der Waals surface area (Å²) in [7, 11) is 3.21. The number of nitrogens with one attached hydrogen (secondary N) is 1. The molecule has 0 spiro atoms. The maximum atomic E-state index is 13.3. The molecule has 0 aliphatic heterocycles. The summed E-state index contributed by atoms with van der Waals surface area (Å²) in [5.41, 5.74) is -1.26. The highest BCUT2D eigenvalue weighted by Crippen LogP contribution is 2.36. The summed E-state index contributed by atoms with van der Waals surface area (Å²) in [6, 6.07) is 19.6. The van der Waals surface area contributed by atoms with E-state index in [0.29, 0.717) is 12.1 Å². The Balaban J connectivity index is 0.00000533. The number of rotatable bonds is 10. The van der Waals surface area contributed by atoms with Gasteiger partial charge in [-0.25, -0.2) is 0 Å². The zero-order valence-electron chi connectivity index (χ0n) is 21.2. The first-order valence-corrected chi connectivity index (χ1v) is 11.8. The Morgan fingerprint density at radius 1 is 0.821 bits per heavy atom. The first-order chi connectivity index (χ1) is 17.9. The van der Waals surface area contributed by atoms with E-state index in [4.69, 9.17) is 4.74 Å². The van der Waals surface area contributed by atoms with Crippen molar-refractivity contribution in [2.24, 2.45) is 0 Å². The molecule has 0 aliphatic rings. The molecule has 3 rings (SSSR count). The van der Waals surface area contributed by atoms with E-state index < -0.39 is 36.1 Å². The number of hydrogen-bond donors (Lipinski definition) is 1. The first-order valence-electron chi connectivity index (χ1n) is 11.8. The van der Waals surface area contributed by atoms with Gasteiger partial charge in [0.05, 0.1) is 30.9 Å². The topological polar surface area (TPSA) is 41.6 Å². The van der Waals surface area contributed by atoms with Crippen LogP contribution in [0.15, 0.2) is 78.9 Å². The van der Waals surface area contributed by atoms with Gasteiger partial charge in [0.25, 0.3) is 0 Å². The number of hydrogen-bond acceptors (Lipinski definition) is 3. The lowest BCUT2D eigenvalue weighted by Gasteiger charge is -2.29. The molecule has 1 amide bonds. The fourth-order valence-electron chi connectivity index (χ4n) is 4.03. The Bertz CT molecular complexity index is 1120. The number of amides is 1. The number of alkyl halides is 6. The Labute approximate surface area is 229 Å². The Hall–Kier alpha value is -3.08. The number of likely N-dealkylation sites (N-methyl/N-ethyl adjacent to an activating group) is 1. The molecule has 0 heterocycles. The van der Waals surface area contributed by atoms with Crippen LogP contribution in [0.3, 0.4) is 0 Å². The van der Waals surface area contributed by atoms with Gasteiger partial charge in [0.2, 0.25) is 5.91 Å². The number of benzene rings is 3. The number of carbonyl (C=O) groups excluding carboxylic acids is 1. The lowest BCUT2D eigenvalue weighted by Crippen LogP contribution is -2.44. The van der Waals surface area contributed by atoms with Crippen molar-refractivity contribution in [2.45, 2.75) is 30.9 Å². The molecule has 39 heavy (non-hydrogen) atoms. The Kier molecular flexibility index (Phi) is 11.4. The van der Waals surface area contributed by atoms with Crippen LogP contribution in [0.1, 0.15) is 33.7 Å². The van der Waals surface area contributed by atoms with Gasteiger partial charge in [0.1, 0.15) is 0 Å². The number of carbonyl (C=O) groups is 1. The van der Waals surface area contributed by atoms with Crippen molar-refractivity contribution in [3.8, 4) is 0 Å². The molecule has 0 aromatic heterocycles. The van der Waals surface area contributed by atoms with Crippen molar-refractivity contribution < 1.29 is 35.9 Å². The quantitative estimate of drug-likeness (QED) is 0.280. The molecule has 0 saturated heterocycles. The molecule has 4 nitrogen and oxygen atoms in total. The second kappa shape index (κ2) is 13.8. The third-order valence-electron chi connectivity index (χ3n) is 5.95. The second-order valence-corrected chi connectivity index (χ2v) is 9.00. The van der Waals surface area contributed by atoms with Crippen molar-refractivity contribution in [1.82, 2.24) is 10.2 Å². The predicted octanol–water partition coefficient (Wildman–Crippen LogP) is 6.54. The average molecular weight is 575 g/mol. The molecule has 1 N–H and O–H groups in total. The van der Waals surface area contributed by atoms with E-state index in [9.17, 15) is 31.1 Å². The minimum absolute atomic E-state index is 0. The molecule has 0 saturated carbocycles. The zero-order valence-corrected chi connectivity index (χ0v) is 22.0. The minimum atomic E-state index is -4.95. The van der Waals surface area contributed by atoms with Crippen molar-refractivity contribution in [1.29, 1.82) is 0 Å². The number of halogens is 7. The molecular formula is C28H29ClF6N2O2. The van der Waals surface area contributed by atoms with Gasteiger partial charge in [-0.15, -0.1) is 12.4 Å². The van der Waals surface area contributed by atoms with Crippen LogP contribution in [0.25, 0.3) is 0 Å². The lowest BCUT2D eigenvalue weighted by molar-refractivity contribution is -0.143. The van der Waals surface area contributed by atoms with Crippen molar-refractivity contribution >= 4 is 18.3 Å². The predicted molar refractivity (Wildman–Crippen MR) is 139 cm³/mol. The second-order valence-electron chi connectivity index (χ2n) is 9.00. The third-order valence-corrected chi connectivity index (χ3v) is 5.95. The van der Waals surface area contributed by atoms with E-state index in [0.717, 1.165) is 11.1 Å². The fraction of sp³-hybridized carbons (Fsp3) is 0.321. The van der Waals surface area contributed by atoms with Gasteiger partial charge < -0.3 is 15.0 Å². The van der Waals surface area contributed by atoms with Crippen LogP contribution < -0.4 is 5.32 Å². The standard InChI is InChI=1S/C28H28F6N2O2.ClH/c1-36(2)25(37)16-35-24(26(20-9-5-3-6-10-20)21-11-7-4-8-12-21)18-38-17-19-13-22(27(29,30)31)15-23(14-19)28(32,33)34;/h3-15,24,26,35H,16-18H2,1-2H3;1H. The lowest BCUT2D eigenvalue weighted by atomic mass is 9.85. The molecule has 0 fully saturated rings. The molecule has 1 atom stereocenters. The highest BCUT2D eigenvalue weighted by atomic mass is 35.5. The summed E-state index contributed by atoms with van der Waals surface area (Å²) in [4.78, 5) is 13.7. The van der Waals surface area contributed by atoms with Crippen molar-refractivity contribution in [3.63, 3.8) is 0 Å². The highest BCUT2D eigenvalue weighted by Gasteiger charge is 2.37. The summed E-state index contributed by atoms with van der Waals surface area (Å²) in [6.07, 6.45) is -9.89. The molecule has 11 heteroatoms. The van der Waals surface area contributed by atoms with Crippen LogP contribution in [0.5, 0.6) is 0 Å². The van der Waals surface area contributed by atoms with Gasteiger partial charge in [-0.2, -0.15) is 26.3 Å². The number of ether oxygens (including phenoxy) is 1. The summed E-state index contributed by atoms with van der Waals surface area (Å²) in [5.74, 6) is -0.526. The first kappa shape index (κ1) is 32.1. The fourth-order valence-corrected chi connectivity index (χ4v) is 4.03. The van der Waals surface area contributed by atoms with Crippen LogP contribution in [0.2, 0.25) is 0 Å². The third kappa shape index (κ3) is 9.26. The van der Waals surface area contributed by atoms with Gasteiger partial charge in [-0.3, -0.25) is 4.79 Å². The smallest absolute Gasteiger partial charge is 0.375 e. The van der Waals surface area contributed by atoms with Gasteiger partial charge in [-0.05, 0) is 34.9 Å². The minimum Gasteiger partial charge on any atom is -0.375 e. The van der Waals surface area contributed by atoms with Crippen LogP contribution in [0, 0.1) is 0 Å². The highest BCUT2D eigenvalue weighted by molar-refractivity contribution is 5.85. The molecule has 0 bridgehead atoms. The molecule has 3 aromatic carbocycles. The SMILES string of the molecule is CN(C)C(=O)CNC(COCc1cc(C(F)(F)F)cc(C(F)(F)F)c1)C(c1ccccc1)c1ccccc1.Cl. The Morgan fingerprint density at radius 3 is 1.69 bits per heavy atom. The summed E-state index contributed by atoms with van der Waals surface area (Å²) in [6.45, 7) is -0.616. The van der Waals surface area contributed by atoms with Gasteiger partial charge in [0, 0.05) is 26.1 Å². The normalized spacial score (nSPS) is 12.6. The van der Waals surface area contributed by atoms with Crippen molar-refractivity contribution in [3.05, 3.63) is 107 Å². The monoisotopic (exact) mass is 574 g/mol. The number of nitrogens with zero attached hydrogens (tertiary/aromatic N) is 1. The molecule has 0 aliphatic carbocycles. The van der Waals surface area contributed by atoms with E-state index in [-0.39, 0.29) is 49.0 Å². The maximum Gasteiger partial charge on any atom is 0.416 e. The average Bonchev–Trinajstić information content (AvgIpc) is 2.87. The van der Waals surface area contributed by atoms with Crippen LogP contribution >= 0.6 is 12.4 Å². The molecule has 212 valence electrons. The summed E-state index contributed by atoms with van der Waals surface area (Å²) < 4.78 is 85.2. The zero-order chi connectivity index (χ0) is 27.9. The van der Waals surface area contributed by atoms with E-state index in [1.807, 2.05) is 60.7 Å². The van der Waals surface area contributed by atoms with Crippen molar-refractivity contribution in [2.75, 3.05) is 27.2 Å². The Morgan fingerprint density at radius 2 is 1.28 bits per heavy atom. The molecule has 1 unspecified atom stereocenters. The molecule has 0 radical (unpaired) electrons. The van der Waals surface area contributed by atoms with Crippen LogP contribution in [-0.2, 0) is 28.5 Å². The van der Waals surface area contributed by atoms with Crippen LogP contribution in [0.4, 0.5) is 26.3 Å². The van der Waals surface area contributed by atoms with E-state index in [1.165, 1.54) is 4.90 Å². The van der Waals surface area contributed by atoms with Gasteiger partial charge >= 0.3 is 12.4 Å². The summed E-state index contributed by atoms with van der Waals surface area (Å²) in [5, 5.41) is 3.18. The largest absolute Gasteiger partial charge is 0.416 e. The maximum absolute atomic E-state index is 13.3. The molecule has 3 aromatic rings. The van der Waals surface area contributed by atoms with E-state index in [2.05, 4.69) is 5.32 Å². The van der Waals surface area contributed by atoms with Crippen LogP contribution in [-0.4, -0.2) is 44.1 Å². The van der Waals surface area contributed by atoms with E-state index >= 15 is 0 Å². The van der Waals surface area contributed by atoms with Gasteiger partial charge in [0.15, 0.2) is 0 Å². The summed E-state index contributed by atoms with van der Waals surface area (Å²) >= 11 is 0. The molecular weight excluding hydrogens is 546 g/mol. The van der Waals surface area contributed by atoms with E-state index in [1.54, 1.807) is 14.1 Å². The van der Waals surface area contributed by atoms with Gasteiger partial charge in [-0.1, -0.05) is 60.7 Å².